The van der Waals surface area contributed by atoms with E-state index in [4.69, 9.17) is 0 Å². The number of anilines is 1. The van der Waals surface area contributed by atoms with E-state index in [0.717, 1.165) is 23.1 Å². The van der Waals surface area contributed by atoms with Gasteiger partial charge in [0.25, 0.3) is 0 Å². The molecule has 132 valence electrons. The van der Waals surface area contributed by atoms with Crippen LogP contribution in [-0.4, -0.2) is 30.3 Å². The van der Waals surface area contributed by atoms with Gasteiger partial charge in [0, 0.05) is 48.9 Å². The van der Waals surface area contributed by atoms with E-state index in [2.05, 4.69) is 9.97 Å². The van der Waals surface area contributed by atoms with Crippen molar-refractivity contribution in [2.45, 2.75) is 13.8 Å². The summed E-state index contributed by atoms with van der Waals surface area (Å²) in [5.41, 5.74) is 5.78. The molecule has 4 nitrogen and oxygen atoms in total. The lowest BCUT2D eigenvalue weighted by Gasteiger charge is -2.19. The van der Waals surface area contributed by atoms with Crippen LogP contribution in [0.1, 0.15) is 23.6 Å². The molecule has 0 N–H and O–H groups in total. The van der Waals surface area contributed by atoms with Crippen LogP contribution >= 0.6 is 0 Å². The molecule has 26 heavy (non-hydrogen) atoms. The van der Waals surface area contributed by atoms with Crippen LogP contribution in [0.5, 0.6) is 0 Å². The summed E-state index contributed by atoms with van der Waals surface area (Å²) < 4.78 is 13.9. The Labute approximate surface area is 152 Å². The topological polar surface area (TPSA) is 46.1 Å². The minimum absolute atomic E-state index is 0.344. The molecule has 0 bridgehead atoms. The van der Waals surface area contributed by atoms with Crippen molar-refractivity contribution < 1.29 is 9.18 Å². The van der Waals surface area contributed by atoms with Crippen molar-refractivity contribution >= 4 is 34.2 Å². The smallest absolute Gasteiger partial charge is 0.151 e. The highest BCUT2D eigenvalue weighted by Gasteiger charge is 2.16. The summed E-state index contributed by atoms with van der Waals surface area (Å²) in [7, 11) is 3.77. The molecular formula is C21H20FN3O. The van der Waals surface area contributed by atoms with E-state index in [1.54, 1.807) is 18.5 Å². The lowest BCUT2D eigenvalue weighted by Crippen LogP contribution is -2.11. The summed E-state index contributed by atoms with van der Waals surface area (Å²) in [6, 6.07) is 8.37. The molecule has 0 aliphatic rings. The lowest BCUT2D eigenvalue weighted by molar-refractivity contribution is -0.103. The molecule has 0 amide bonds. The normalized spacial score (nSPS) is 12.0. The average molecular weight is 349 g/mol. The van der Waals surface area contributed by atoms with Crippen LogP contribution in [0.4, 0.5) is 10.1 Å². The molecule has 3 rings (SSSR count). The number of carbonyl (C=O) groups is 1. The van der Waals surface area contributed by atoms with Crippen molar-refractivity contribution in [3.05, 3.63) is 65.2 Å². The van der Waals surface area contributed by atoms with Crippen molar-refractivity contribution in [3.8, 4) is 0 Å². The minimum Gasteiger partial charge on any atom is -0.377 e. The van der Waals surface area contributed by atoms with E-state index in [1.165, 1.54) is 12.1 Å². The number of allylic oxidation sites excluding steroid dienone is 2. The number of halogens is 1. The highest BCUT2D eigenvalue weighted by molar-refractivity contribution is 6.20. The van der Waals surface area contributed by atoms with Gasteiger partial charge in [0.2, 0.25) is 0 Å². The Hall–Kier alpha value is -3.08. The summed E-state index contributed by atoms with van der Waals surface area (Å²) in [6.45, 7) is 3.78. The number of aryl methyl sites for hydroxylation is 1. The minimum atomic E-state index is -0.344. The maximum absolute atomic E-state index is 13.9. The summed E-state index contributed by atoms with van der Waals surface area (Å²) in [5.74, 6) is -0.344. The van der Waals surface area contributed by atoms with Crippen molar-refractivity contribution in [1.82, 2.24) is 9.97 Å². The van der Waals surface area contributed by atoms with E-state index in [9.17, 15) is 9.18 Å². The summed E-state index contributed by atoms with van der Waals surface area (Å²) in [5, 5.41) is 0. The third kappa shape index (κ3) is 3.08. The fourth-order valence-electron chi connectivity index (χ4n) is 3.10. The van der Waals surface area contributed by atoms with Crippen LogP contribution in [-0.2, 0) is 4.79 Å². The Morgan fingerprint density at radius 3 is 2.38 bits per heavy atom. The summed E-state index contributed by atoms with van der Waals surface area (Å²) >= 11 is 0. The zero-order chi connectivity index (χ0) is 18.8. The molecule has 0 saturated carbocycles. The fourth-order valence-corrected chi connectivity index (χ4v) is 3.10. The monoisotopic (exact) mass is 349 g/mol. The number of hydrogen-bond donors (Lipinski definition) is 0. The molecular weight excluding hydrogens is 329 g/mol. The van der Waals surface area contributed by atoms with Crippen LogP contribution in [0, 0.1) is 12.7 Å². The van der Waals surface area contributed by atoms with Gasteiger partial charge in [-0.2, -0.15) is 0 Å². The number of rotatable bonds is 4. The molecule has 0 aliphatic carbocycles. The number of carbonyl (C=O) groups excluding carboxylic acids is 1. The fraction of sp³-hybridized carbons (Fsp3) is 0.190. The summed E-state index contributed by atoms with van der Waals surface area (Å²) in [6.07, 6.45) is 4.04. The van der Waals surface area contributed by atoms with Crippen LogP contribution < -0.4 is 4.90 Å². The molecule has 0 radical (unpaired) electrons. The van der Waals surface area contributed by atoms with E-state index < -0.39 is 0 Å². The van der Waals surface area contributed by atoms with E-state index in [0.29, 0.717) is 27.8 Å². The van der Waals surface area contributed by atoms with E-state index >= 15 is 0 Å². The average Bonchev–Trinajstić information content (AvgIpc) is 2.64. The van der Waals surface area contributed by atoms with Crippen LogP contribution in [0.3, 0.4) is 0 Å². The molecule has 0 aliphatic heterocycles. The van der Waals surface area contributed by atoms with Gasteiger partial charge in [-0.05, 0) is 43.2 Å². The number of nitrogens with zero attached hydrogens (tertiary/aromatic N) is 3. The van der Waals surface area contributed by atoms with Gasteiger partial charge in [-0.1, -0.05) is 12.1 Å². The lowest BCUT2D eigenvalue weighted by atomic mass is 9.93. The standard InChI is InChI=1S/C21H20FN3O/c1-13-5-7-16(21-20(13)23-9-10-24-21)18(12-26)14(2)17-11-15(22)6-8-19(17)25(3)4/h5-12H,1-4H3/b18-14+. The van der Waals surface area contributed by atoms with Gasteiger partial charge in [-0.25, -0.2) is 4.39 Å². The Kier molecular flexibility index (Phi) is 4.80. The number of aromatic nitrogens is 2. The maximum atomic E-state index is 13.9. The molecule has 2 aromatic carbocycles. The third-order valence-corrected chi connectivity index (χ3v) is 4.48. The van der Waals surface area contributed by atoms with Crippen molar-refractivity contribution in [1.29, 1.82) is 0 Å². The first-order chi connectivity index (χ1) is 12.4. The number of fused-ring (bicyclic) bond motifs is 1. The first-order valence-corrected chi connectivity index (χ1v) is 8.28. The second-order valence-corrected chi connectivity index (χ2v) is 6.40. The number of hydrogen-bond acceptors (Lipinski definition) is 4. The van der Waals surface area contributed by atoms with Gasteiger partial charge >= 0.3 is 0 Å². The van der Waals surface area contributed by atoms with Gasteiger partial charge in [0.1, 0.15) is 5.82 Å². The molecule has 0 fully saturated rings. The third-order valence-electron chi connectivity index (χ3n) is 4.48. The predicted octanol–water partition coefficient (Wildman–Crippen LogP) is 4.27. The molecule has 0 atom stereocenters. The Balaban J connectivity index is 2.32. The highest BCUT2D eigenvalue weighted by atomic mass is 19.1. The van der Waals surface area contributed by atoms with Crippen LogP contribution in [0.15, 0.2) is 42.7 Å². The Morgan fingerprint density at radius 2 is 1.73 bits per heavy atom. The van der Waals surface area contributed by atoms with Crippen molar-refractivity contribution in [2.24, 2.45) is 0 Å². The largest absolute Gasteiger partial charge is 0.377 e. The van der Waals surface area contributed by atoms with E-state index in [1.807, 2.05) is 45.0 Å². The SMILES string of the molecule is C/C(=C(/C=O)c1ccc(C)c2nccnc12)c1cc(F)ccc1N(C)C. The zero-order valence-corrected chi connectivity index (χ0v) is 15.2. The quantitative estimate of drug-likeness (QED) is 0.401. The first kappa shape index (κ1) is 17.7. The zero-order valence-electron chi connectivity index (χ0n) is 15.2. The molecule has 0 unspecified atom stereocenters. The second kappa shape index (κ2) is 7.04. The van der Waals surface area contributed by atoms with Gasteiger partial charge in [-0.3, -0.25) is 14.8 Å². The van der Waals surface area contributed by atoms with Gasteiger partial charge in [0.15, 0.2) is 6.29 Å². The second-order valence-electron chi connectivity index (χ2n) is 6.40. The Morgan fingerprint density at radius 1 is 1.04 bits per heavy atom. The molecule has 3 aromatic rings. The van der Waals surface area contributed by atoms with Crippen molar-refractivity contribution in [2.75, 3.05) is 19.0 Å². The number of aldehydes is 1. The predicted molar refractivity (Wildman–Crippen MR) is 104 cm³/mol. The van der Waals surface area contributed by atoms with Gasteiger partial charge in [-0.15, -0.1) is 0 Å². The highest BCUT2D eigenvalue weighted by Crippen LogP contribution is 2.34. The number of benzene rings is 2. The summed E-state index contributed by atoms with van der Waals surface area (Å²) in [4.78, 5) is 22.7. The van der Waals surface area contributed by atoms with Gasteiger partial charge in [0.05, 0.1) is 11.0 Å². The first-order valence-electron chi connectivity index (χ1n) is 8.28. The molecule has 1 heterocycles. The van der Waals surface area contributed by atoms with E-state index in [-0.39, 0.29) is 5.82 Å². The Bertz CT molecular complexity index is 1020. The van der Waals surface area contributed by atoms with Gasteiger partial charge < -0.3 is 4.90 Å². The van der Waals surface area contributed by atoms with Crippen molar-refractivity contribution in [3.63, 3.8) is 0 Å². The molecule has 0 spiro atoms. The molecule has 5 heteroatoms. The molecule has 1 aromatic heterocycles. The van der Waals surface area contributed by atoms with Crippen LogP contribution in [0.25, 0.3) is 22.2 Å². The van der Waals surface area contributed by atoms with Crippen LogP contribution in [0.2, 0.25) is 0 Å². The maximum Gasteiger partial charge on any atom is 0.151 e. The molecule has 0 saturated heterocycles.